The highest BCUT2D eigenvalue weighted by atomic mass is 35.5. The van der Waals surface area contributed by atoms with Gasteiger partial charge >= 0.3 is 0 Å². The van der Waals surface area contributed by atoms with Gasteiger partial charge in [0.15, 0.2) is 0 Å². The summed E-state index contributed by atoms with van der Waals surface area (Å²) in [5.74, 6) is 0.0403. The second-order valence-corrected chi connectivity index (χ2v) is 6.89. The minimum Gasteiger partial charge on any atom is -0.272 e. The van der Waals surface area contributed by atoms with Crippen molar-refractivity contribution >= 4 is 57.8 Å². The van der Waals surface area contributed by atoms with Gasteiger partial charge < -0.3 is 0 Å². The molecule has 3 rings (SSSR count). The van der Waals surface area contributed by atoms with E-state index >= 15 is 0 Å². The fourth-order valence-corrected chi connectivity index (χ4v) is 3.45. The van der Waals surface area contributed by atoms with Crippen LogP contribution in [0.2, 0.25) is 10.0 Å². The Bertz CT molecular complexity index is 816. The number of benzene rings is 2. The van der Waals surface area contributed by atoms with Crippen LogP contribution in [-0.4, -0.2) is 22.9 Å². The van der Waals surface area contributed by atoms with Crippen molar-refractivity contribution in [3.63, 3.8) is 0 Å². The highest BCUT2D eigenvalue weighted by Crippen LogP contribution is 2.29. The topological polar surface area (TPSA) is 53.8 Å². The molecule has 0 unspecified atom stereocenters. The number of thioether (sulfide) groups is 1. The fraction of sp³-hybridized carbons (Fsp3) is 0.118. The van der Waals surface area contributed by atoms with Gasteiger partial charge in [-0.15, -0.1) is 11.8 Å². The third-order valence-corrected chi connectivity index (χ3v) is 4.97. The Kier molecular flexibility index (Phi) is 5.56. The minimum absolute atomic E-state index is 0.210. The molecule has 2 aromatic rings. The van der Waals surface area contributed by atoms with Gasteiger partial charge in [-0.05, 0) is 23.8 Å². The Morgan fingerprint density at radius 3 is 2.71 bits per heavy atom. The number of amides is 1. The summed E-state index contributed by atoms with van der Waals surface area (Å²) in [6, 6.07) is 13.1. The van der Waals surface area contributed by atoms with E-state index < -0.39 is 0 Å². The summed E-state index contributed by atoms with van der Waals surface area (Å²) < 4.78 is 0. The summed E-state index contributed by atoms with van der Waals surface area (Å²) in [4.78, 5) is 16.4. The molecule has 1 aliphatic rings. The molecule has 1 aliphatic heterocycles. The van der Waals surface area contributed by atoms with E-state index in [1.165, 1.54) is 23.5 Å². The highest BCUT2D eigenvalue weighted by molar-refractivity contribution is 8.14. The predicted octanol–water partition coefficient (Wildman–Crippen LogP) is 4.46. The maximum Gasteiger partial charge on any atom is 0.250 e. The van der Waals surface area contributed by atoms with Gasteiger partial charge in [0.1, 0.15) is 0 Å². The van der Waals surface area contributed by atoms with Crippen molar-refractivity contribution in [2.75, 3.05) is 5.75 Å². The number of carbonyl (C=O) groups excluding carboxylic acids is 1. The molecule has 1 amide bonds. The van der Waals surface area contributed by atoms with Crippen molar-refractivity contribution in [3.05, 3.63) is 63.6 Å². The van der Waals surface area contributed by atoms with Crippen LogP contribution in [0.3, 0.4) is 0 Å². The van der Waals surface area contributed by atoms with Crippen LogP contribution in [0.1, 0.15) is 11.1 Å². The molecular weight excluding hydrogens is 365 g/mol. The summed E-state index contributed by atoms with van der Waals surface area (Å²) in [6.45, 7) is 0. The number of para-hydroxylation sites is 1. The number of hydrogen-bond acceptors (Lipinski definition) is 4. The lowest BCUT2D eigenvalue weighted by molar-refractivity contribution is -0.118. The summed E-state index contributed by atoms with van der Waals surface area (Å²) in [7, 11) is 0. The molecule has 0 spiro atoms. The van der Waals surface area contributed by atoms with Crippen molar-refractivity contribution in [2.45, 2.75) is 6.42 Å². The first-order valence-corrected chi connectivity index (χ1v) is 8.92. The molecule has 1 heterocycles. The molecule has 0 aromatic heterocycles. The molecule has 122 valence electrons. The van der Waals surface area contributed by atoms with E-state index in [4.69, 9.17) is 23.2 Å². The molecule has 2 aromatic carbocycles. The molecule has 4 nitrogen and oxygen atoms in total. The lowest BCUT2D eigenvalue weighted by atomic mass is 10.2. The van der Waals surface area contributed by atoms with Crippen LogP contribution in [0.25, 0.3) is 0 Å². The van der Waals surface area contributed by atoms with E-state index in [0.717, 1.165) is 17.2 Å². The zero-order valence-electron chi connectivity index (χ0n) is 12.5. The first kappa shape index (κ1) is 17.0. The Labute approximate surface area is 154 Å². The number of nitrogens with zero attached hydrogens (tertiary/aromatic N) is 2. The van der Waals surface area contributed by atoms with Crippen molar-refractivity contribution in [3.8, 4) is 0 Å². The lowest BCUT2D eigenvalue weighted by Gasteiger charge is -2.02. The maximum absolute atomic E-state index is 11.9. The second kappa shape index (κ2) is 7.83. The van der Waals surface area contributed by atoms with Gasteiger partial charge in [-0.3, -0.25) is 4.79 Å². The summed E-state index contributed by atoms with van der Waals surface area (Å²) in [5, 5.41) is 5.80. The van der Waals surface area contributed by atoms with Crippen LogP contribution in [0.5, 0.6) is 0 Å². The lowest BCUT2D eigenvalue weighted by Crippen LogP contribution is -2.20. The SMILES string of the molecule is O=C(CSC1=Nc2ccccc2C1)N/N=C/c1c(Cl)cccc1Cl. The standard InChI is InChI=1S/C17H13Cl2N3OS/c18-13-5-3-6-14(19)12(13)9-20-22-16(23)10-24-17-8-11-4-1-2-7-15(11)21-17/h1-7,9H,8,10H2,(H,22,23)/b20-9+. The number of halogens is 2. The van der Waals surface area contributed by atoms with Crippen molar-refractivity contribution in [1.82, 2.24) is 5.43 Å². The highest BCUT2D eigenvalue weighted by Gasteiger charge is 2.15. The summed E-state index contributed by atoms with van der Waals surface area (Å²) in [5.41, 5.74) is 5.21. The normalized spacial score (nSPS) is 13.0. The fourth-order valence-electron chi connectivity index (χ4n) is 2.17. The number of carbonyl (C=O) groups is 1. The number of fused-ring (bicyclic) bond motifs is 1. The van der Waals surface area contributed by atoms with E-state index in [9.17, 15) is 4.79 Å². The van der Waals surface area contributed by atoms with E-state index in [2.05, 4.69) is 15.5 Å². The minimum atomic E-state index is -0.210. The van der Waals surface area contributed by atoms with Gasteiger partial charge in [-0.1, -0.05) is 47.5 Å². The molecule has 0 fully saturated rings. The molecule has 7 heteroatoms. The second-order valence-electron chi connectivity index (χ2n) is 5.03. The largest absolute Gasteiger partial charge is 0.272 e. The van der Waals surface area contributed by atoms with Crippen LogP contribution in [0.4, 0.5) is 5.69 Å². The maximum atomic E-state index is 11.9. The molecular formula is C17H13Cl2N3OS. The van der Waals surface area contributed by atoms with Crippen LogP contribution in [0, 0.1) is 0 Å². The Balaban J connectivity index is 1.50. The average Bonchev–Trinajstić information content (AvgIpc) is 2.98. The Morgan fingerprint density at radius 2 is 1.96 bits per heavy atom. The van der Waals surface area contributed by atoms with Crippen LogP contribution < -0.4 is 5.43 Å². The molecule has 0 bridgehead atoms. The number of hydrogen-bond donors (Lipinski definition) is 1. The number of hydrazone groups is 1. The third kappa shape index (κ3) is 4.17. The van der Waals surface area contributed by atoms with Gasteiger partial charge in [0.2, 0.25) is 5.91 Å². The number of nitrogens with one attached hydrogen (secondary N) is 1. The molecule has 0 aliphatic carbocycles. The predicted molar refractivity (Wildman–Crippen MR) is 102 cm³/mol. The Morgan fingerprint density at radius 1 is 1.21 bits per heavy atom. The quantitative estimate of drug-likeness (QED) is 0.631. The molecule has 0 atom stereocenters. The van der Waals surface area contributed by atoms with Crippen molar-refractivity contribution in [2.24, 2.45) is 10.1 Å². The third-order valence-electron chi connectivity index (χ3n) is 3.33. The first-order chi connectivity index (χ1) is 11.6. The molecule has 0 saturated heterocycles. The van der Waals surface area contributed by atoms with Gasteiger partial charge in [-0.25, -0.2) is 10.4 Å². The Hall–Kier alpha value is -1.82. The zero-order valence-corrected chi connectivity index (χ0v) is 14.8. The first-order valence-electron chi connectivity index (χ1n) is 7.17. The van der Waals surface area contributed by atoms with Crippen molar-refractivity contribution in [1.29, 1.82) is 0 Å². The van der Waals surface area contributed by atoms with E-state index in [1.807, 2.05) is 24.3 Å². The summed E-state index contributed by atoms with van der Waals surface area (Å²) >= 11 is 13.5. The van der Waals surface area contributed by atoms with Crippen LogP contribution in [-0.2, 0) is 11.2 Å². The van der Waals surface area contributed by atoms with Crippen LogP contribution in [0.15, 0.2) is 52.6 Å². The van der Waals surface area contributed by atoms with Crippen LogP contribution >= 0.6 is 35.0 Å². The number of rotatable bonds is 4. The molecule has 0 radical (unpaired) electrons. The van der Waals surface area contributed by atoms with Gasteiger partial charge in [0.05, 0.1) is 32.7 Å². The van der Waals surface area contributed by atoms with Gasteiger partial charge in [0, 0.05) is 12.0 Å². The smallest absolute Gasteiger partial charge is 0.250 e. The molecule has 24 heavy (non-hydrogen) atoms. The monoisotopic (exact) mass is 377 g/mol. The van der Waals surface area contributed by atoms with Gasteiger partial charge in [0.25, 0.3) is 0 Å². The average molecular weight is 378 g/mol. The molecule has 1 N–H and O–H groups in total. The van der Waals surface area contributed by atoms with E-state index in [1.54, 1.807) is 18.2 Å². The summed E-state index contributed by atoms with van der Waals surface area (Å²) in [6.07, 6.45) is 2.21. The van der Waals surface area contributed by atoms with Gasteiger partial charge in [-0.2, -0.15) is 5.10 Å². The van der Waals surface area contributed by atoms with Crippen molar-refractivity contribution < 1.29 is 4.79 Å². The van der Waals surface area contributed by atoms with E-state index in [0.29, 0.717) is 15.6 Å². The molecule has 0 saturated carbocycles. The van der Waals surface area contributed by atoms with E-state index in [-0.39, 0.29) is 11.7 Å². The zero-order chi connectivity index (χ0) is 16.9. The number of aliphatic imine (C=N–C) groups is 1.